The second-order valence-corrected chi connectivity index (χ2v) is 7.59. The van der Waals surface area contributed by atoms with Gasteiger partial charge in [-0.25, -0.2) is 14.4 Å². The van der Waals surface area contributed by atoms with Crippen molar-refractivity contribution in [2.75, 3.05) is 19.5 Å². The summed E-state index contributed by atoms with van der Waals surface area (Å²) >= 11 is 0. The number of methoxy groups -OCH3 is 2. The number of nitrogens with zero attached hydrogens (tertiary/aromatic N) is 3. The van der Waals surface area contributed by atoms with Crippen LogP contribution in [0.3, 0.4) is 0 Å². The minimum absolute atomic E-state index is 0.107. The smallest absolute Gasteiger partial charge is 0.224 e. The van der Waals surface area contributed by atoms with Gasteiger partial charge < -0.3 is 19.4 Å². The fourth-order valence-corrected chi connectivity index (χ4v) is 3.64. The maximum atomic E-state index is 13.3. The van der Waals surface area contributed by atoms with Gasteiger partial charge in [-0.1, -0.05) is 12.1 Å². The van der Waals surface area contributed by atoms with Crippen LogP contribution in [-0.4, -0.2) is 34.7 Å². The average Bonchev–Trinajstić information content (AvgIpc) is 3.17. The summed E-state index contributed by atoms with van der Waals surface area (Å²) in [4.78, 5) is 21.7. The molecule has 0 fully saturated rings. The number of aromatic nitrogens is 3. The highest BCUT2D eigenvalue weighted by Gasteiger charge is 2.13. The van der Waals surface area contributed by atoms with E-state index in [9.17, 15) is 9.18 Å². The van der Waals surface area contributed by atoms with Crippen molar-refractivity contribution in [3.63, 3.8) is 0 Å². The summed E-state index contributed by atoms with van der Waals surface area (Å²) in [5, 5.41) is 2.89. The summed E-state index contributed by atoms with van der Waals surface area (Å²) in [6.07, 6.45) is 3.27. The minimum Gasteiger partial charge on any atom is -0.497 e. The Morgan fingerprint density at radius 3 is 2.48 bits per heavy atom. The molecular formula is C25H25FN4O3. The molecule has 4 rings (SSSR count). The molecule has 170 valence electrons. The molecule has 7 nitrogen and oxygen atoms in total. The number of imidazole rings is 1. The van der Waals surface area contributed by atoms with E-state index in [2.05, 4.69) is 10.3 Å². The van der Waals surface area contributed by atoms with E-state index in [0.717, 1.165) is 22.6 Å². The number of carbonyl (C=O) groups excluding carboxylic acids is 1. The number of nitrogens with one attached hydrogen (secondary N) is 1. The maximum absolute atomic E-state index is 13.3. The molecule has 0 bridgehead atoms. The van der Waals surface area contributed by atoms with Crippen molar-refractivity contribution >= 4 is 22.8 Å². The van der Waals surface area contributed by atoms with Crippen molar-refractivity contribution in [3.05, 3.63) is 78.0 Å². The number of hydrogen-bond acceptors (Lipinski definition) is 5. The fraction of sp³-hybridized carbons (Fsp3) is 0.240. The number of halogens is 1. The summed E-state index contributed by atoms with van der Waals surface area (Å²) in [7, 11) is 3.13. The lowest BCUT2D eigenvalue weighted by atomic mass is 10.2. The number of fused-ring (bicyclic) bond motifs is 1. The van der Waals surface area contributed by atoms with E-state index in [0.29, 0.717) is 43.0 Å². The van der Waals surface area contributed by atoms with Crippen LogP contribution in [0.4, 0.5) is 10.1 Å². The normalized spacial score (nSPS) is 10.9. The topological polar surface area (TPSA) is 78.3 Å². The monoisotopic (exact) mass is 448 g/mol. The summed E-state index contributed by atoms with van der Waals surface area (Å²) < 4.78 is 25.8. The third-order valence-electron chi connectivity index (χ3n) is 5.28. The van der Waals surface area contributed by atoms with Crippen LogP contribution in [0.5, 0.6) is 11.5 Å². The number of hydrogen-bond donors (Lipinski definition) is 1. The Hall–Kier alpha value is -3.94. The Bertz CT molecular complexity index is 1230. The second-order valence-electron chi connectivity index (χ2n) is 7.59. The van der Waals surface area contributed by atoms with Gasteiger partial charge in [-0.2, -0.15) is 0 Å². The summed E-state index contributed by atoms with van der Waals surface area (Å²) in [5.74, 6) is 1.67. The lowest BCUT2D eigenvalue weighted by Crippen LogP contribution is -2.13. The van der Waals surface area contributed by atoms with E-state index < -0.39 is 0 Å². The highest BCUT2D eigenvalue weighted by atomic mass is 19.1. The predicted molar refractivity (Wildman–Crippen MR) is 124 cm³/mol. The first-order valence-electron chi connectivity index (χ1n) is 10.6. The molecule has 0 aliphatic rings. The lowest BCUT2D eigenvalue weighted by Gasteiger charge is -2.11. The van der Waals surface area contributed by atoms with Crippen molar-refractivity contribution < 1.29 is 18.7 Å². The maximum Gasteiger partial charge on any atom is 0.224 e. The molecule has 0 atom stereocenters. The van der Waals surface area contributed by atoms with Crippen LogP contribution in [0.25, 0.3) is 11.2 Å². The second kappa shape index (κ2) is 10.1. The summed E-state index contributed by atoms with van der Waals surface area (Å²) in [6.45, 7) is 0.527. The molecule has 4 aromatic rings. The summed E-state index contributed by atoms with van der Waals surface area (Å²) in [5.41, 5.74) is 3.13. The van der Waals surface area contributed by atoms with Crippen LogP contribution >= 0.6 is 0 Å². The molecule has 0 spiro atoms. The number of amides is 1. The Balaban J connectivity index is 1.44. The van der Waals surface area contributed by atoms with Gasteiger partial charge in [0.25, 0.3) is 0 Å². The van der Waals surface area contributed by atoms with Crippen molar-refractivity contribution in [2.24, 2.45) is 0 Å². The molecule has 0 radical (unpaired) electrons. The number of aryl methyl sites for hydroxylation is 1. The van der Waals surface area contributed by atoms with Gasteiger partial charge in [0.05, 0.1) is 20.8 Å². The fourth-order valence-electron chi connectivity index (χ4n) is 3.64. The van der Waals surface area contributed by atoms with Crippen LogP contribution < -0.4 is 14.8 Å². The van der Waals surface area contributed by atoms with Crippen LogP contribution in [-0.2, 0) is 17.8 Å². The van der Waals surface area contributed by atoms with Gasteiger partial charge in [0.15, 0.2) is 5.65 Å². The number of anilines is 1. The van der Waals surface area contributed by atoms with Crippen molar-refractivity contribution in [1.29, 1.82) is 0 Å². The van der Waals surface area contributed by atoms with E-state index in [1.165, 1.54) is 12.1 Å². The molecule has 2 aromatic heterocycles. The number of pyridine rings is 1. The Morgan fingerprint density at radius 2 is 1.79 bits per heavy atom. The Labute approximate surface area is 191 Å². The van der Waals surface area contributed by atoms with Gasteiger partial charge in [0.1, 0.15) is 28.7 Å². The predicted octanol–water partition coefficient (Wildman–Crippen LogP) is 4.60. The van der Waals surface area contributed by atoms with E-state index in [-0.39, 0.29) is 11.7 Å². The highest BCUT2D eigenvalue weighted by Crippen LogP contribution is 2.26. The first-order chi connectivity index (χ1) is 16.1. The molecule has 1 amide bonds. The third-order valence-corrected chi connectivity index (χ3v) is 5.28. The number of rotatable bonds is 9. The molecular weight excluding hydrogens is 423 g/mol. The lowest BCUT2D eigenvalue weighted by molar-refractivity contribution is -0.116. The standard InChI is InChI=1S/C25H25FN4O3/c1-32-20-13-19(14-21(15-20)33-2)28-24(31)7-3-6-23-29-22-5-4-12-27-25(22)30(23)16-17-8-10-18(26)11-9-17/h4-5,8-15H,3,6-7,16H2,1-2H3,(H,28,31). The zero-order valence-corrected chi connectivity index (χ0v) is 18.5. The van der Waals surface area contributed by atoms with Gasteiger partial charge in [0, 0.05) is 42.9 Å². The van der Waals surface area contributed by atoms with Crippen molar-refractivity contribution in [1.82, 2.24) is 14.5 Å². The van der Waals surface area contributed by atoms with E-state index in [1.807, 2.05) is 16.7 Å². The first kappa shape index (κ1) is 22.3. The third kappa shape index (κ3) is 5.46. The van der Waals surface area contributed by atoms with Gasteiger partial charge >= 0.3 is 0 Å². The van der Waals surface area contributed by atoms with Gasteiger partial charge in [0.2, 0.25) is 5.91 Å². The largest absolute Gasteiger partial charge is 0.497 e. The quantitative estimate of drug-likeness (QED) is 0.405. The molecule has 0 aliphatic carbocycles. The molecule has 2 heterocycles. The molecule has 2 aromatic carbocycles. The molecule has 0 saturated carbocycles. The van der Waals surface area contributed by atoms with E-state index >= 15 is 0 Å². The van der Waals surface area contributed by atoms with Gasteiger partial charge in [-0.05, 0) is 36.2 Å². The zero-order valence-electron chi connectivity index (χ0n) is 18.5. The van der Waals surface area contributed by atoms with Gasteiger partial charge in [-0.15, -0.1) is 0 Å². The minimum atomic E-state index is -0.271. The first-order valence-corrected chi connectivity index (χ1v) is 10.6. The van der Waals surface area contributed by atoms with Crippen molar-refractivity contribution in [3.8, 4) is 11.5 Å². The zero-order chi connectivity index (χ0) is 23.2. The van der Waals surface area contributed by atoms with Crippen LogP contribution in [0.2, 0.25) is 0 Å². The molecule has 8 heteroatoms. The molecule has 0 aliphatic heterocycles. The highest BCUT2D eigenvalue weighted by molar-refractivity contribution is 5.91. The molecule has 33 heavy (non-hydrogen) atoms. The number of carbonyl (C=O) groups is 1. The van der Waals surface area contributed by atoms with Crippen molar-refractivity contribution in [2.45, 2.75) is 25.8 Å². The average molecular weight is 448 g/mol. The van der Waals surface area contributed by atoms with E-state index in [4.69, 9.17) is 14.5 Å². The Morgan fingerprint density at radius 1 is 1.06 bits per heavy atom. The molecule has 0 saturated heterocycles. The van der Waals surface area contributed by atoms with Gasteiger partial charge in [-0.3, -0.25) is 4.79 Å². The number of ether oxygens (including phenoxy) is 2. The van der Waals surface area contributed by atoms with Crippen LogP contribution in [0, 0.1) is 5.82 Å². The SMILES string of the molecule is COc1cc(NC(=O)CCCc2nc3cccnc3n2Cc2ccc(F)cc2)cc(OC)c1. The summed E-state index contributed by atoms with van der Waals surface area (Å²) in [6, 6.07) is 15.4. The van der Waals surface area contributed by atoms with E-state index in [1.54, 1.807) is 50.7 Å². The van der Waals surface area contributed by atoms with Crippen LogP contribution in [0.15, 0.2) is 60.8 Å². The number of benzene rings is 2. The van der Waals surface area contributed by atoms with Crippen LogP contribution in [0.1, 0.15) is 24.2 Å². The molecule has 0 unspecified atom stereocenters. The Kier molecular flexibility index (Phi) is 6.83. The molecule has 1 N–H and O–H groups in total.